The molecule has 42 heavy (non-hydrogen) atoms. The molecular weight excluding hydrogens is 541 g/mol. The maximum absolute atomic E-state index is 15.5. The molecule has 3 N–H and O–H groups in total. The Balaban J connectivity index is 1.55. The molecular formula is C29H30FN9O3. The molecule has 0 bridgehead atoms. The first-order valence-corrected chi connectivity index (χ1v) is 13.6. The summed E-state index contributed by atoms with van der Waals surface area (Å²) in [5, 5.41) is 9.58. The second-order valence-electron chi connectivity index (χ2n) is 11.1. The fraction of sp³-hybridized carbons (Fsp3) is 0.345. The number of hydrogen-bond acceptors (Lipinski definition) is 6. The fourth-order valence-electron chi connectivity index (χ4n) is 6.37. The number of aromatic nitrogens is 8. The number of aryl methyl sites for hydroxylation is 2. The molecule has 13 heteroatoms. The van der Waals surface area contributed by atoms with E-state index in [1.54, 1.807) is 24.0 Å². The third kappa shape index (κ3) is 3.83. The number of ether oxygens (including phenoxy) is 1. The molecule has 6 aromatic rings. The van der Waals surface area contributed by atoms with E-state index in [1.165, 1.54) is 4.57 Å². The normalized spacial score (nSPS) is 18.7. The van der Waals surface area contributed by atoms with Gasteiger partial charge in [-0.1, -0.05) is 6.07 Å². The number of nitrogens with zero attached hydrogens (tertiary/aromatic N) is 7. The van der Waals surface area contributed by atoms with Crippen molar-refractivity contribution in [3.05, 3.63) is 53.2 Å². The minimum atomic E-state index is -2.70. The molecule has 5 aromatic heterocycles. The number of hydrogen-bond donors (Lipinski definition) is 2. The lowest BCUT2D eigenvalue weighted by Gasteiger charge is -2.14. The zero-order valence-electron chi connectivity index (χ0n) is 26.1. The van der Waals surface area contributed by atoms with E-state index >= 15 is 4.39 Å². The van der Waals surface area contributed by atoms with Gasteiger partial charge in [0.25, 0.3) is 0 Å². The number of H-pyrrole nitrogens is 1. The van der Waals surface area contributed by atoms with Crippen molar-refractivity contribution in [2.45, 2.75) is 51.3 Å². The van der Waals surface area contributed by atoms with Crippen molar-refractivity contribution in [3.63, 3.8) is 0 Å². The number of imidazole rings is 1. The summed E-state index contributed by atoms with van der Waals surface area (Å²) in [5.74, 6) is -0.975. The highest BCUT2D eigenvalue weighted by atomic mass is 19.1. The number of carbonyl (C=O) groups is 1. The quantitative estimate of drug-likeness (QED) is 0.309. The Morgan fingerprint density at radius 2 is 2.10 bits per heavy atom. The van der Waals surface area contributed by atoms with Crippen LogP contribution >= 0.6 is 0 Å². The molecule has 1 fully saturated rings. The first-order chi connectivity index (χ1) is 21.3. The van der Waals surface area contributed by atoms with Crippen molar-refractivity contribution in [3.8, 4) is 22.4 Å². The number of aromatic amines is 1. The predicted molar refractivity (Wildman–Crippen MR) is 155 cm³/mol. The van der Waals surface area contributed by atoms with Gasteiger partial charge in [0.05, 0.1) is 45.6 Å². The molecule has 1 saturated carbocycles. The van der Waals surface area contributed by atoms with Gasteiger partial charge in [0.2, 0.25) is 5.95 Å². The van der Waals surface area contributed by atoms with Gasteiger partial charge in [-0.25, -0.2) is 14.6 Å². The van der Waals surface area contributed by atoms with Crippen LogP contribution in [0, 0.1) is 5.95 Å². The lowest BCUT2D eigenvalue weighted by Crippen LogP contribution is -2.26. The maximum atomic E-state index is 15.5. The van der Waals surface area contributed by atoms with Crippen molar-refractivity contribution in [1.29, 1.82) is 0 Å². The van der Waals surface area contributed by atoms with Crippen LogP contribution in [-0.2, 0) is 18.8 Å². The van der Waals surface area contributed by atoms with E-state index in [9.17, 15) is 9.59 Å². The van der Waals surface area contributed by atoms with Crippen LogP contribution < -0.4 is 11.4 Å². The predicted octanol–water partition coefficient (Wildman–Crippen LogP) is 4.54. The molecule has 1 aliphatic carbocycles. The topological polar surface area (TPSA) is 144 Å². The molecule has 2 atom stereocenters. The summed E-state index contributed by atoms with van der Waals surface area (Å²) in [5.41, 5.74) is 8.77. The largest absolute Gasteiger partial charge is 0.446 e. The average molecular weight is 575 g/mol. The molecule has 0 unspecified atom stereocenters. The molecule has 0 aliphatic heterocycles. The molecule has 1 aliphatic rings. The third-order valence-electron chi connectivity index (χ3n) is 8.19. The summed E-state index contributed by atoms with van der Waals surface area (Å²) >= 11 is 0. The summed E-state index contributed by atoms with van der Waals surface area (Å²) in [6.07, 6.45) is 4.65. The number of nitrogens with one attached hydrogen (secondary N) is 1. The van der Waals surface area contributed by atoms with Crippen LogP contribution in [0.3, 0.4) is 0 Å². The van der Waals surface area contributed by atoms with Gasteiger partial charge >= 0.3 is 11.8 Å². The molecule has 0 saturated heterocycles. The Morgan fingerprint density at radius 3 is 2.83 bits per heavy atom. The first-order valence-electron chi connectivity index (χ1n) is 15.1. The smallest absolute Gasteiger partial charge is 0.404 e. The Labute approximate surface area is 242 Å². The lowest BCUT2D eigenvalue weighted by atomic mass is 9.98. The zero-order valence-corrected chi connectivity index (χ0v) is 23.1. The van der Waals surface area contributed by atoms with Crippen molar-refractivity contribution < 1.29 is 18.0 Å². The monoisotopic (exact) mass is 574 g/mol. The summed E-state index contributed by atoms with van der Waals surface area (Å²) in [7, 11) is 1.65. The van der Waals surface area contributed by atoms with E-state index in [4.69, 9.17) is 14.6 Å². The number of nitrogens with two attached hydrogens (primary N) is 1. The number of pyridine rings is 1. The van der Waals surface area contributed by atoms with Gasteiger partial charge < -0.3 is 15.5 Å². The van der Waals surface area contributed by atoms with E-state index in [-0.39, 0.29) is 29.0 Å². The van der Waals surface area contributed by atoms with Crippen molar-refractivity contribution in [1.82, 2.24) is 38.7 Å². The summed E-state index contributed by atoms with van der Waals surface area (Å²) < 4.78 is 49.8. The third-order valence-corrected chi connectivity index (χ3v) is 8.19. The Kier molecular flexibility index (Phi) is 5.03. The highest BCUT2D eigenvalue weighted by molar-refractivity contribution is 6.14. The van der Waals surface area contributed by atoms with Gasteiger partial charge in [-0.15, -0.1) is 5.10 Å². The van der Waals surface area contributed by atoms with Crippen LogP contribution in [0.5, 0.6) is 0 Å². The Bertz CT molecular complexity index is 2200. The van der Waals surface area contributed by atoms with Gasteiger partial charge in [-0.3, -0.25) is 18.5 Å². The second kappa shape index (κ2) is 9.29. The Morgan fingerprint density at radius 1 is 1.26 bits per heavy atom. The summed E-state index contributed by atoms with van der Waals surface area (Å²) in [6.45, 7) is 1.36. The van der Waals surface area contributed by atoms with E-state index in [0.29, 0.717) is 57.1 Å². The van der Waals surface area contributed by atoms with E-state index in [1.807, 2.05) is 36.7 Å². The number of benzene rings is 1. The number of amides is 1. The molecule has 12 nitrogen and oxygen atoms in total. The van der Waals surface area contributed by atoms with Crippen LogP contribution in [0.1, 0.15) is 49.3 Å². The number of fused-ring (bicyclic) bond motifs is 4. The first kappa shape index (κ1) is 22.7. The SMILES string of the molecule is [2H]C([2H])([2H])n1cc(-c2[nH]c3ncc4c(c3c2-c2ccc3c(cnn3C(C)C)c2)n([C@@H]2CC[C@@H](OC(N)=O)C2)c(=O)n4C)c(F)n1. The summed E-state index contributed by atoms with van der Waals surface area (Å²) in [4.78, 5) is 33.1. The maximum Gasteiger partial charge on any atom is 0.404 e. The van der Waals surface area contributed by atoms with Crippen molar-refractivity contribution >= 4 is 39.1 Å². The molecule has 1 amide bonds. The van der Waals surface area contributed by atoms with Crippen molar-refractivity contribution in [2.75, 3.05) is 0 Å². The van der Waals surface area contributed by atoms with E-state index in [2.05, 4.69) is 20.2 Å². The van der Waals surface area contributed by atoms with Crippen LogP contribution in [0.15, 0.2) is 41.6 Å². The molecule has 1 aromatic carbocycles. The van der Waals surface area contributed by atoms with Crippen LogP contribution in [0.25, 0.3) is 55.4 Å². The number of rotatable bonds is 5. The molecule has 7 rings (SSSR count). The minimum Gasteiger partial charge on any atom is -0.446 e. The molecule has 0 radical (unpaired) electrons. The van der Waals surface area contributed by atoms with Crippen LogP contribution in [-0.4, -0.2) is 50.9 Å². The highest BCUT2D eigenvalue weighted by Gasteiger charge is 2.33. The van der Waals surface area contributed by atoms with E-state index in [0.717, 1.165) is 17.1 Å². The van der Waals surface area contributed by atoms with Crippen molar-refractivity contribution in [2.24, 2.45) is 19.8 Å². The van der Waals surface area contributed by atoms with Gasteiger partial charge in [-0.2, -0.15) is 9.49 Å². The minimum absolute atomic E-state index is 0.0640. The van der Waals surface area contributed by atoms with Crippen LogP contribution in [0.4, 0.5) is 9.18 Å². The zero-order chi connectivity index (χ0) is 31.9. The Hall–Kier alpha value is -4.94. The van der Waals surface area contributed by atoms with Gasteiger partial charge in [0.1, 0.15) is 11.8 Å². The molecule has 5 heterocycles. The highest BCUT2D eigenvalue weighted by Crippen LogP contribution is 2.43. The van der Waals surface area contributed by atoms with Gasteiger partial charge in [0, 0.05) is 53.8 Å². The standard InChI is InChI=1S/C29H30FN9O3/c1-14(2)39-20-8-5-15(9-16(20)11-33-39)22-23-25-21(12-32-27(23)34-24(22)19-13-36(3)35-26(19)30)37(4)29(41)38(25)17-6-7-18(10-17)42-28(31)40/h5,8-9,11-14,17-18H,6-7,10H2,1-4H3,(H2,31,40)(H,32,34)/t17-,18-/m1/s1/i3D3. The number of primary amides is 1. The van der Waals surface area contributed by atoms with E-state index < -0.39 is 25.1 Å². The molecule has 0 spiro atoms. The fourth-order valence-corrected chi connectivity index (χ4v) is 6.37. The summed E-state index contributed by atoms with van der Waals surface area (Å²) in [6, 6.07) is 5.54. The lowest BCUT2D eigenvalue weighted by molar-refractivity contribution is 0.108. The average Bonchev–Trinajstić information content (AvgIpc) is 3.78. The second-order valence-corrected chi connectivity index (χ2v) is 11.1. The number of halogens is 1. The molecule has 216 valence electrons. The van der Waals surface area contributed by atoms with Gasteiger partial charge in [-0.05, 0) is 44.4 Å². The van der Waals surface area contributed by atoms with Gasteiger partial charge in [0.15, 0.2) is 0 Å². The van der Waals surface area contributed by atoms with Crippen LogP contribution in [0.2, 0.25) is 0 Å². The number of carbonyl (C=O) groups excluding carboxylic acids is 1.